The van der Waals surface area contributed by atoms with E-state index in [9.17, 15) is 9.18 Å². The largest absolute Gasteiger partial charge is 0.497 e. The molecule has 1 atom stereocenters. The molecule has 0 aliphatic heterocycles. The second-order valence-electron chi connectivity index (χ2n) is 8.63. The summed E-state index contributed by atoms with van der Waals surface area (Å²) in [5, 5.41) is 7.80. The summed E-state index contributed by atoms with van der Waals surface area (Å²) in [7, 11) is 1.62. The van der Waals surface area contributed by atoms with E-state index < -0.39 is 0 Å². The van der Waals surface area contributed by atoms with Gasteiger partial charge in [0, 0.05) is 17.8 Å². The lowest BCUT2D eigenvalue weighted by Crippen LogP contribution is -2.31. The molecule has 0 fully saturated rings. The van der Waals surface area contributed by atoms with Gasteiger partial charge in [0.2, 0.25) is 5.91 Å². The van der Waals surface area contributed by atoms with Crippen LogP contribution in [0.3, 0.4) is 0 Å². The monoisotopic (exact) mass is 437 g/mol. The summed E-state index contributed by atoms with van der Waals surface area (Å²) >= 11 is 0. The first-order valence-electron chi connectivity index (χ1n) is 11.0. The zero-order chi connectivity index (χ0) is 23.3. The molecule has 0 aliphatic carbocycles. The van der Waals surface area contributed by atoms with Gasteiger partial charge < -0.3 is 10.1 Å². The van der Waals surface area contributed by atoms with E-state index in [-0.39, 0.29) is 24.2 Å². The zero-order valence-electron chi connectivity index (χ0n) is 19.5. The Morgan fingerprint density at radius 1 is 1.09 bits per heavy atom. The fourth-order valence-electron chi connectivity index (χ4n) is 3.86. The van der Waals surface area contributed by atoms with Gasteiger partial charge in [-0.3, -0.25) is 9.48 Å². The second kappa shape index (κ2) is 10.4. The van der Waals surface area contributed by atoms with Crippen LogP contribution in [0.4, 0.5) is 4.39 Å². The van der Waals surface area contributed by atoms with E-state index in [0.717, 1.165) is 40.4 Å². The molecule has 0 aliphatic rings. The van der Waals surface area contributed by atoms with Crippen molar-refractivity contribution in [2.24, 2.45) is 5.92 Å². The highest BCUT2D eigenvalue weighted by Crippen LogP contribution is 2.23. The Balaban J connectivity index is 1.80. The summed E-state index contributed by atoms with van der Waals surface area (Å²) in [6.07, 6.45) is 0.828. The number of aryl methyl sites for hydroxylation is 1. The number of nitrogens with zero attached hydrogens (tertiary/aromatic N) is 2. The standard InChI is InChI=1S/C26H32FN3O2/c1-17(2)16-30-19(4)24(18(3)29-30)15-26(31)28-25(14-20-6-10-22(27)11-7-20)21-8-12-23(32-5)13-9-21/h6-13,17,25H,14-16H2,1-5H3,(H,28,31). The topological polar surface area (TPSA) is 56.1 Å². The van der Waals surface area contributed by atoms with E-state index >= 15 is 0 Å². The minimum Gasteiger partial charge on any atom is -0.497 e. The van der Waals surface area contributed by atoms with Gasteiger partial charge in [0.1, 0.15) is 11.6 Å². The number of benzene rings is 2. The van der Waals surface area contributed by atoms with E-state index in [4.69, 9.17) is 4.74 Å². The van der Waals surface area contributed by atoms with Crippen LogP contribution in [0.15, 0.2) is 48.5 Å². The smallest absolute Gasteiger partial charge is 0.225 e. The molecule has 1 unspecified atom stereocenters. The maximum Gasteiger partial charge on any atom is 0.225 e. The summed E-state index contributed by atoms with van der Waals surface area (Å²) in [4.78, 5) is 13.1. The van der Waals surface area contributed by atoms with Gasteiger partial charge in [-0.25, -0.2) is 4.39 Å². The number of rotatable bonds is 9. The number of hydrogen-bond donors (Lipinski definition) is 1. The Morgan fingerprint density at radius 3 is 2.34 bits per heavy atom. The molecule has 170 valence electrons. The molecular formula is C26H32FN3O2. The lowest BCUT2D eigenvalue weighted by molar-refractivity contribution is -0.121. The molecule has 32 heavy (non-hydrogen) atoms. The number of carbonyl (C=O) groups excluding carboxylic acids is 1. The molecule has 3 aromatic rings. The molecule has 6 heteroatoms. The van der Waals surface area contributed by atoms with E-state index in [1.165, 1.54) is 12.1 Å². The van der Waals surface area contributed by atoms with Crippen molar-refractivity contribution >= 4 is 5.91 Å². The van der Waals surface area contributed by atoms with Crippen LogP contribution in [0.1, 0.15) is 48.0 Å². The van der Waals surface area contributed by atoms with Gasteiger partial charge in [-0.2, -0.15) is 5.10 Å². The SMILES string of the molecule is COc1ccc(C(Cc2ccc(F)cc2)NC(=O)Cc2c(C)nn(CC(C)C)c2C)cc1. The van der Waals surface area contributed by atoms with Crippen LogP contribution in [-0.4, -0.2) is 22.8 Å². The van der Waals surface area contributed by atoms with Crippen molar-refractivity contribution in [1.29, 1.82) is 0 Å². The van der Waals surface area contributed by atoms with E-state index in [1.54, 1.807) is 19.2 Å². The van der Waals surface area contributed by atoms with Gasteiger partial charge in [0.15, 0.2) is 0 Å². The predicted molar refractivity (Wildman–Crippen MR) is 124 cm³/mol. The summed E-state index contributed by atoms with van der Waals surface area (Å²) in [6.45, 7) is 9.10. The molecule has 3 rings (SSSR count). The fourth-order valence-corrected chi connectivity index (χ4v) is 3.86. The lowest BCUT2D eigenvalue weighted by atomic mass is 9.98. The second-order valence-corrected chi connectivity index (χ2v) is 8.63. The molecule has 5 nitrogen and oxygen atoms in total. The van der Waals surface area contributed by atoms with Gasteiger partial charge in [0.25, 0.3) is 0 Å². The highest BCUT2D eigenvalue weighted by molar-refractivity contribution is 5.79. The van der Waals surface area contributed by atoms with Crippen molar-refractivity contribution in [2.45, 2.75) is 53.1 Å². The summed E-state index contributed by atoms with van der Waals surface area (Å²) < 4.78 is 20.6. The fraction of sp³-hybridized carbons (Fsp3) is 0.385. The van der Waals surface area contributed by atoms with Crippen molar-refractivity contribution < 1.29 is 13.9 Å². The molecule has 0 radical (unpaired) electrons. The Labute approximate surface area is 189 Å². The summed E-state index contributed by atoms with van der Waals surface area (Å²) in [5.41, 5.74) is 4.80. The van der Waals surface area contributed by atoms with Crippen LogP contribution < -0.4 is 10.1 Å². The Kier molecular flexibility index (Phi) is 7.67. The van der Waals surface area contributed by atoms with Gasteiger partial charge in [-0.15, -0.1) is 0 Å². The van der Waals surface area contributed by atoms with Crippen LogP contribution in [0.5, 0.6) is 5.75 Å². The van der Waals surface area contributed by atoms with Gasteiger partial charge in [-0.1, -0.05) is 38.1 Å². The average molecular weight is 438 g/mol. The van der Waals surface area contributed by atoms with Crippen LogP contribution >= 0.6 is 0 Å². The first-order chi connectivity index (χ1) is 15.3. The Hall–Kier alpha value is -3.15. The van der Waals surface area contributed by atoms with Gasteiger partial charge >= 0.3 is 0 Å². The van der Waals surface area contributed by atoms with Crippen molar-refractivity contribution in [3.63, 3.8) is 0 Å². The van der Waals surface area contributed by atoms with Crippen molar-refractivity contribution in [2.75, 3.05) is 7.11 Å². The van der Waals surface area contributed by atoms with E-state index in [2.05, 4.69) is 24.3 Å². The molecule has 2 aromatic carbocycles. The maximum atomic E-state index is 13.3. The van der Waals surface area contributed by atoms with E-state index in [0.29, 0.717) is 12.3 Å². The molecule has 1 amide bonds. The number of carbonyl (C=O) groups is 1. The minimum absolute atomic E-state index is 0.0665. The molecule has 0 saturated carbocycles. The third-order valence-electron chi connectivity index (χ3n) is 5.61. The van der Waals surface area contributed by atoms with Gasteiger partial charge in [0.05, 0.1) is 25.3 Å². The zero-order valence-corrected chi connectivity index (χ0v) is 19.5. The quantitative estimate of drug-likeness (QED) is 0.516. The molecule has 1 heterocycles. The highest BCUT2D eigenvalue weighted by atomic mass is 19.1. The number of amides is 1. The van der Waals surface area contributed by atoms with Crippen LogP contribution in [0.2, 0.25) is 0 Å². The molecule has 1 N–H and O–H groups in total. The van der Waals surface area contributed by atoms with Gasteiger partial charge in [-0.05, 0) is 61.6 Å². The summed E-state index contributed by atoms with van der Waals surface area (Å²) in [5.74, 6) is 0.889. The molecule has 1 aromatic heterocycles. The third kappa shape index (κ3) is 5.96. The average Bonchev–Trinajstić information content (AvgIpc) is 3.01. The first-order valence-corrected chi connectivity index (χ1v) is 11.0. The molecule has 0 spiro atoms. The number of ether oxygens (including phenoxy) is 1. The summed E-state index contributed by atoms with van der Waals surface area (Å²) in [6, 6.07) is 13.8. The normalized spacial score (nSPS) is 12.1. The van der Waals surface area contributed by atoms with Crippen molar-refractivity contribution in [3.05, 3.63) is 82.4 Å². The predicted octanol–water partition coefficient (Wildman–Crippen LogP) is 4.95. The van der Waals surface area contributed by atoms with Crippen LogP contribution in [-0.2, 0) is 24.2 Å². The number of methoxy groups -OCH3 is 1. The lowest BCUT2D eigenvalue weighted by Gasteiger charge is -2.20. The Morgan fingerprint density at radius 2 is 1.75 bits per heavy atom. The highest BCUT2D eigenvalue weighted by Gasteiger charge is 2.20. The number of hydrogen-bond acceptors (Lipinski definition) is 3. The maximum absolute atomic E-state index is 13.3. The third-order valence-corrected chi connectivity index (χ3v) is 5.61. The van der Waals surface area contributed by atoms with Crippen molar-refractivity contribution in [3.8, 4) is 5.75 Å². The van der Waals surface area contributed by atoms with Crippen LogP contribution in [0, 0.1) is 25.6 Å². The molecule has 0 bridgehead atoms. The number of halogens is 1. The Bertz CT molecular complexity index is 1040. The first kappa shape index (κ1) is 23.5. The minimum atomic E-state index is -0.275. The van der Waals surface area contributed by atoms with Crippen LogP contribution in [0.25, 0.3) is 0 Å². The number of aromatic nitrogens is 2. The number of nitrogens with one attached hydrogen (secondary N) is 1. The molecule has 0 saturated heterocycles. The van der Waals surface area contributed by atoms with E-state index in [1.807, 2.05) is 42.8 Å². The van der Waals surface area contributed by atoms with Crippen molar-refractivity contribution in [1.82, 2.24) is 15.1 Å². The molecular weight excluding hydrogens is 405 g/mol.